The lowest BCUT2D eigenvalue weighted by Gasteiger charge is -2.28. The summed E-state index contributed by atoms with van der Waals surface area (Å²) in [5.41, 5.74) is 0.935. The standard InChI is InChI=1S/C19H17FN4O2S2/c1-2-9-24(19(26)15-12-28-23-22-15)17(16-4-3-10-27-16)18(25)21-11-13-5-7-14(20)8-6-13/h2-8,10,12,17H,1,9,11H2,(H,21,25). The number of benzene rings is 1. The van der Waals surface area contributed by atoms with Crippen molar-refractivity contribution in [2.24, 2.45) is 0 Å². The molecule has 9 heteroatoms. The van der Waals surface area contributed by atoms with E-state index in [0.29, 0.717) is 0 Å². The average Bonchev–Trinajstić information content (AvgIpc) is 3.41. The van der Waals surface area contributed by atoms with Crippen molar-refractivity contribution in [3.63, 3.8) is 0 Å². The Hall–Kier alpha value is -2.91. The summed E-state index contributed by atoms with van der Waals surface area (Å²) in [5.74, 6) is -1.08. The zero-order valence-electron chi connectivity index (χ0n) is 14.7. The van der Waals surface area contributed by atoms with Gasteiger partial charge in [-0.2, -0.15) is 0 Å². The predicted octanol–water partition coefficient (Wildman–Crippen LogP) is 3.42. The summed E-state index contributed by atoms with van der Waals surface area (Å²) in [5, 5.41) is 10.0. The SMILES string of the molecule is C=CCN(C(=O)c1csnn1)C(C(=O)NCc1ccc(F)cc1)c1cccs1. The average molecular weight is 417 g/mol. The van der Waals surface area contributed by atoms with E-state index in [1.807, 2.05) is 11.4 Å². The third kappa shape index (κ3) is 4.68. The fourth-order valence-corrected chi connectivity index (χ4v) is 3.87. The van der Waals surface area contributed by atoms with Crippen molar-refractivity contribution in [3.8, 4) is 0 Å². The Balaban J connectivity index is 1.84. The molecular formula is C19H17FN4O2S2. The van der Waals surface area contributed by atoms with Crippen LogP contribution in [0.3, 0.4) is 0 Å². The van der Waals surface area contributed by atoms with Crippen LogP contribution in [0.25, 0.3) is 0 Å². The molecular weight excluding hydrogens is 399 g/mol. The quantitative estimate of drug-likeness (QED) is 0.571. The summed E-state index contributed by atoms with van der Waals surface area (Å²) in [6.07, 6.45) is 1.56. The molecule has 0 aliphatic carbocycles. The summed E-state index contributed by atoms with van der Waals surface area (Å²) >= 11 is 2.45. The molecule has 1 aromatic carbocycles. The molecule has 3 aromatic rings. The first kappa shape index (κ1) is 19.8. The Morgan fingerprint density at radius 1 is 1.29 bits per heavy atom. The number of aromatic nitrogens is 2. The van der Waals surface area contributed by atoms with Crippen LogP contribution in [0, 0.1) is 5.82 Å². The summed E-state index contributed by atoms with van der Waals surface area (Å²) in [7, 11) is 0. The number of nitrogens with zero attached hydrogens (tertiary/aromatic N) is 3. The van der Waals surface area contributed by atoms with E-state index in [2.05, 4.69) is 21.5 Å². The lowest BCUT2D eigenvalue weighted by Crippen LogP contribution is -2.43. The molecule has 0 fully saturated rings. The molecule has 0 saturated heterocycles. The van der Waals surface area contributed by atoms with Gasteiger partial charge in [-0.1, -0.05) is 28.8 Å². The number of carbonyl (C=O) groups is 2. The number of hydrogen-bond acceptors (Lipinski definition) is 6. The van der Waals surface area contributed by atoms with Crippen LogP contribution in [-0.2, 0) is 11.3 Å². The molecule has 1 N–H and O–H groups in total. The number of hydrogen-bond donors (Lipinski definition) is 1. The van der Waals surface area contributed by atoms with Crippen LogP contribution >= 0.6 is 22.9 Å². The first-order valence-electron chi connectivity index (χ1n) is 8.34. The van der Waals surface area contributed by atoms with Crippen LogP contribution in [0.2, 0.25) is 0 Å². The zero-order valence-corrected chi connectivity index (χ0v) is 16.4. The Bertz CT molecular complexity index is 928. The topological polar surface area (TPSA) is 75.2 Å². The highest BCUT2D eigenvalue weighted by molar-refractivity contribution is 7.10. The number of rotatable bonds is 8. The van der Waals surface area contributed by atoms with Crippen molar-refractivity contribution < 1.29 is 14.0 Å². The first-order valence-corrected chi connectivity index (χ1v) is 10.1. The van der Waals surface area contributed by atoms with Gasteiger partial charge in [0.2, 0.25) is 5.91 Å². The molecule has 2 aromatic heterocycles. The van der Waals surface area contributed by atoms with E-state index in [4.69, 9.17) is 0 Å². The smallest absolute Gasteiger partial charge is 0.276 e. The molecule has 1 unspecified atom stereocenters. The predicted molar refractivity (Wildman–Crippen MR) is 106 cm³/mol. The highest BCUT2D eigenvalue weighted by Gasteiger charge is 2.33. The minimum Gasteiger partial charge on any atom is -0.350 e. The van der Waals surface area contributed by atoms with Gasteiger partial charge < -0.3 is 10.2 Å². The van der Waals surface area contributed by atoms with Crippen molar-refractivity contribution in [3.05, 3.63) is 81.8 Å². The molecule has 0 aliphatic heterocycles. The van der Waals surface area contributed by atoms with Crippen LogP contribution in [0.1, 0.15) is 27.0 Å². The zero-order chi connectivity index (χ0) is 19.9. The van der Waals surface area contributed by atoms with Crippen molar-refractivity contribution >= 4 is 34.7 Å². The molecule has 144 valence electrons. The van der Waals surface area contributed by atoms with Gasteiger partial charge in [-0.15, -0.1) is 23.0 Å². The van der Waals surface area contributed by atoms with E-state index in [-0.39, 0.29) is 30.5 Å². The lowest BCUT2D eigenvalue weighted by molar-refractivity contribution is -0.125. The number of amides is 2. The first-order chi connectivity index (χ1) is 13.6. The van der Waals surface area contributed by atoms with Crippen LogP contribution in [0.5, 0.6) is 0 Å². The number of thiophene rings is 1. The molecule has 28 heavy (non-hydrogen) atoms. The second-order valence-electron chi connectivity index (χ2n) is 5.80. The van der Waals surface area contributed by atoms with E-state index in [9.17, 15) is 14.0 Å². The second kappa shape index (κ2) is 9.34. The summed E-state index contributed by atoms with van der Waals surface area (Å²) in [6.45, 7) is 4.09. The van der Waals surface area contributed by atoms with Gasteiger partial charge in [0, 0.05) is 23.3 Å². The summed E-state index contributed by atoms with van der Waals surface area (Å²) in [4.78, 5) is 28.1. The third-order valence-corrected chi connectivity index (χ3v) is 5.35. The van der Waals surface area contributed by atoms with Gasteiger partial charge in [0.1, 0.15) is 11.9 Å². The van der Waals surface area contributed by atoms with Gasteiger partial charge >= 0.3 is 0 Å². The molecule has 6 nitrogen and oxygen atoms in total. The van der Waals surface area contributed by atoms with Crippen molar-refractivity contribution in [2.75, 3.05) is 6.54 Å². The van der Waals surface area contributed by atoms with Gasteiger partial charge in [0.15, 0.2) is 5.69 Å². The number of nitrogens with one attached hydrogen (secondary N) is 1. The molecule has 0 radical (unpaired) electrons. The molecule has 1 atom stereocenters. The van der Waals surface area contributed by atoms with Crippen LogP contribution in [0.15, 0.2) is 59.8 Å². The van der Waals surface area contributed by atoms with Gasteiger partial charge in [-0.25, -0.2) is 4.39 Å². The van der Waals surface area contributed by atoms with Gasteiger partial charge in [-0.05, 0) is 40.7 Å². The third-order valence-electron chi connectivity index (χ3n) is 3.92. The number of carbonyl (C=O) groups excluding carboxylic acids is 2. The Morgan fingerprint density at radius 2 is 2.07 bits per heavy atom. The maximum Gasteiger partial charge on any atom is 0.276 e. The maximum absolute atomic E-state index is 13.1. The lowest BCUT2D eigenvalue weighted by atomic mass is 10.1. The molecule has 0 aliphatic rings. The van der Waals surface area contributed by atoms with Gasteiger partial charge in [0.25, 0.3) is 5.91 Å². The number of halogens is 1. The maximum atomic E-state index is 13.1. The van der Waals surface area contributed by atoms with E-state index in [1.165, 1.54) is 28.4 Å². The molecule has 0 spiro atoms. The van der Waals surface area contributed by atoms with Crippen molar-refractivity contribution in [2.45, 2.75) is 12.6 Å². The van der Waals surface area contributed by atoms with Crippen molar-refractivity contribution in [1.29, 1.82) is 0 Å². The molecule has 3 rings (SSSR count). The monoisotopic (exact) mass is 416 g/mol. The second-order valence-corrected chi connectivity index (χ2v) is 7.39. The summed E-state index contributed by atoms with van der Waals surface area (Å²) < 4.78 is 16.8. The minimum atomic E-state index is -0.840. The fraction of sp³-hybridized carbons (Fsp3) is 0.158. The molecule has 2 amide bonds. The van der Waals surface area contributed by atoms with Crippen LogP contribution in [-0.4, -0.2) is 32.8 Å². The van der Waals surface area contributed by atoms with E-state index >= 15 is 0 Å². The Kier molecular flexibility index (Phi) is 6.62. The van der Waals surface area contributed by atoms with Crippen LogP contribution in [0.4, 0.5) is 4.39 Å². The largest absolute Gasteiger partial charge is 0.350 e. The molecule has 0 saturated carbocycles. The van der Waals surface area contributed by atoms with Gasteiger partial charge in [0.05, 0.1) is 0 Å². The van der Waals surface area contributed by atoms with E-state index < -0.39 is 11.9 Å². The van der Waals surface area contributed by atoms with E-state index in [0.717, 1.165) is 22.0 Å². The molecule has 2 heterocycles. The Morgan fingerprint density at radius 3 is 2.68 bits per heavy atom. The molecule has 0 bridgehead atoms. The minimum absolute atomic E-state index is 0.170. The van der Waals surface area contributed by atoms with Crippen LogP contribution < -0.4 is 5.32 Å². The highest BCUT2D eigenvalue weighted by atomic mass is 32.1. The van der Waals surface area contributed by atoms with Gasteiger partial charge in [-0.3, -0.25) is 9.59 Å². The summed E-state index contributed by atoms with van der Waals surface area (Å²) in [6, 6.07) is 8.65. The highest BCUT2D eigenvalue weighted by Crippen LogP contribution is 2.27. The Labute approximate surface area is 169 Å². The normalized spacial score (nSPS) is 11.6. The van der Waals surface area contributed by atoms with Crippen molar-refractivity contribution in [1.82, 2.24) is 19.8 Å². The fourth-order valence-electron chi connectivity index (χ4n) is 2.61. The van der Waals surface area contributed by atoms with E-state index in [1.54, 1.807) is 29.7 Å².